The second-order valence-corrected chi connectivity index (χ2v) is 10.6. The van der Waals surface area contributed by atoms with Crippen LogP contribution in [-0.4, -0.2) is 44.9 Å². The molecular formula is C26H24F3NO5S. The molecule has 6 nitrogen and oxygen atoms in total. The van der Waals surface area contributed by atoms with Crippen LogP contribution in [0.5, 0.6) is 11.5 Å². The number of methoxy groups -OCH3 is 1. The number of amides is 1. The van der Waals surface area contributed by atoms with Gasteiger partial charge in [0.2, 0.25) is 0 Å². The highest BCUT2D eigenvalue weighted by Gasteiger charge is 2.39. The third-order valence-electron chi connectivity index (χ3n) is 5.99. The van der Waals surface area contributed by atoms with Crippen LogP contribution in [0.2, 0.25) is 0 Å². The van der Waals surface area contributed by atoms with E-state index >= 15 is 0 Å². The number of fused-ring (bicyclic) bond motifs is 1. The van der Waals surface area contributed by atoms with Crippen molar-refractivity contribution in [2.75, 3.05) is 13.4 Å². The van der Waals surface area contributed by atoms with Gasteiger partial charge in [-0.05, 0) is 65.6 Å². The summed E-state index contributed by atoms with van der Waals surface area (Å²) in [6.07, 6.45) is -5.88. The third-order valence-corrected chi connectivity index (χ3v) is 7.10. The fourth-order valence-corrected chi connectivity index (χ4v) is 4.60. The standard InChI is InChI=1S/C26H24F3NO5S/c1-16(26(27,28)29)35-24-10-9-22(36(3,32)33)13-23(24)25(31)30-14-19-8-7-18(11-20(19)15-30)17-5-4-6-21(12-17)34-2/h4-13,16H,14-15H2,1-3H3. The SMILES string of the molecule is COc1cccc(-c2ccc3c(c2)CN(C(=O)c2cc(S(C)(=O)=O)ccc2OC(C)C(F)(F)F)C3)c1. The number of alkyl halides is 3. The topological polar surface area (TPSA) is 72.9 Å². The molecule has 0 bridgehead atoms. The van der Waals surface area contributed by atoms with Crippen molar-refractivity contribution in [3.05, 3.63) is 77.4 Å². The molecule has 0 fully saturated rings. The molecule has 1 unspecified atom stereocenters. The number of sulfone groups is 1. The van der Waals surface area contributed by atoms with Gasteiger partial charge in [-0.25, -0.2) is 8.42 Å². The second-order valence-electron chi connectivity index (χ2n) is 8.61. The van der Waals surface area contributed by atoms with E-state index in [1.165, 1.54) is 4.90 Å². The summed E-state index contributed by atoms with van der Waals surface area (Å²) in [5.41, 5.74) is 3.38. The predicted molar refractivity (Wildman–Crippen MR) is 128 cm³/mol. The zero-order valence-corrected chi connectivity index (χ0v) is 20.6. The molecule has 0 N–H and O–H groups in total. The van der Waals surface area contributed by atoms with Crippen molar-refractivity contribution in [1.29, 1.82) is 0 Å². The predicted octanol–water partition coefficient (Wildman–Crippen LogP) is 5.25. The molecule has 1 heterocycles. The van der Waals surface area contributed by atoms with Crippen LogP contribution in [0, 0.1) is 0 Å². The van der Waals surface area contributed by atoms with Crippen LogP contribution in [0.3, 0.4) is 0 Å². The number of carbonyl (C=O) groups excluding carboxylic acids is 1. The van der Waals surface area contributed by atoms with Crippen LogP contribution < -0.4 is 9.47 Å². The van der Waals surface area contributed by atoms with Crippen molar-refractivity contribution >= 4 is 15.7 Å². The number of hydrogen-bond donors (Lipinski definition) is 0. The summed E-state index contributed by atoms with van der Waals surface area (Å²) in [6, 6.07) is 16.6. The van der Waals surface area contributed by atoms with Crippen LogP contribution in [-0.2, 0) is 22.9 Å². The van der Waals surface area contributed by atoms with Gasteiger partial charge in [-0.3, -0.25) is 4.79 Å². The maximum atomic E-state index is 13.4. The van der Waals surface area contributed by atoms with Gasteiger partial charge in [0.1, 0.15) is 11.5 Å². The second kappa shape index (κ2) is 9.50. The molecule has 0 saturated heterocycles. The Balaban J connectivity index is 1.65. The molecule has 3 aromatic carbocycles. The van der Waals surface area contributed by atoms with E-state index in [2.05, 4.69) is 0 Å². The Morgan fingerprint density at radius 2 is 1.67 bits per heavy atom. The summed E-state index contributed by atoms with van der Waals surface area (Å²) >= 11 is 0. The molecular weight excluding hydrogens is 495 g/mol. The van der Waals surface area contributed by atoms with Gasteiger partial charge in [0, 0.05) is 19.3 Å². The largest absolute Gasteiger partial charge is 0.497 e. The van der Waals surface area contributed by atoms with Gasteiger partial charge in [-0.1, -0.05) is 24.3 Å². The zero-order valence-electron chi connectivity index (χ0n) is 19.8. The lowest BCUT2D eigenvalue weighted by atomic mass is 10.0. The Bertz CT molecular complexity index is 1420. The van der Waals surface area contributed by atoms with E-state index in [9.17, 15) is 26.4 Å². The fraction of sp³-hybridized carbons (Fsp3) is 0.269. The van der Waals surface area contributed by atoms with Gasteiger partial charge in [0.25, 0.3) is 5.91 Å². The van der Waals surface area contributed by atoms with Crippen molar-refractivity contribution < 1.29 is 35.9 Å². The minimum Gasteiger partial charge on any atom is -0.497 e. The van der Waals surface area contributed by atoms with Crippen molar-refractivity contribution in [3.63, 3.8) is 0 Å². The van der Waals surface area contributed by atoms with E-state index in [1.807, 2.05) is 42.5 Å². The number of hydrogen-bond acceptors (Lipinski definition) is 5. The first kappa shape index (κ1) is 25.6. The lowest BCUT2D eigenvalue weighted by Gasteiger charge is -2.22. The lowest BCUT2D eigenvalue weighted by Crippen LogP contribution is -2.32. The lowest BCUT2D eigenvalue weighted by molar-refractivity contribution is -0.189. The summed E-state index contributed by atoms with van der Waals surface area (Å²) in [5.74, 6) is -0.245. The third kappa shape index (κ3) is 5.33. The quantitative estimate of drug-likeness (QED) is 0.445. The van der Waals surface area contributed by atoms with E-state index in [0.29, 0.717) is 5.75 Å². The number of halogens is 3. The van der Waals surface area contributed by atoms with Gasteiger partial charge >= 0.3 is 6.18 Å². The van der Waals surface area contributed by atoms with Crippen LogP contribution in [0.15, 0.2) is 65.6 Å². The Hall–Kier alpha value is -3.53. The first-order chi connectivity index (χ1) is 16.9. The van der Waals surface area contributed by atoms with Crippen LogP contribution in [0.25, 0.3) is 11.1 Å². The Kier molecular flexibility index (Phi) is 6.74. The van der Waals surface area contributed by atoms with Crippen LogP contribution in [0.4, 0.5) is 13.2 Å². The summed E-state index contributed by atoms with van der Waals surface area (Å²) in [4.78, 5) is 14.7. The van der Waals surface area contributed by atoms with E-state index in [-0.39, 0.29) is 29.3 Å². The molecule has 1 atom stereocenters. The first-order valence-electron chi connectivity index (χ1n) is 11.0. The van der Waals surface area contributed by atoms with Gasteiger partial charge < -0.3 is 14.4 Å². The Morgan fingerprint density at radius 3 is 2.33 bits per heavy atom. The molecule has 0 spiro atoms. The number of nitrogens with zero attached hydrogens (tertiary/aromatic N) is 1. The minimum absolute atomic E-state index is 0.185. The molecule has 0 aliphatic carbocycles. The van der Waals surface area contributed by atoms with Crippen LogP contribution >= 0.6 is 0 Å². The number of benzene rings is 3. The molecule has 3 aromatic rings. The average molecular weight is 520 g/mol. The maximum Gasteiger partial charge on any atom is 0.425 e. The Labute approximate surface area is 207 Å². The molecule has 190 valence electrons. The highest BCUT2D eigenvalue weighted by atomic mass is 32.2. The Morgan fingerprint density at radius 1 is 0.972 bits per heavy atom. The van der Waals surface area contributed by atoms with E-state index < -0.39 is 28.0 Å². The highest BCUT2D eigenvalue weighted by molar-refractivity contribution is 7.90. The minimum atomic E-state index is -4.66. The number of ether oxygens (including phenoxy) is 2. The summed E-state index contributed by atoms with van der Waals surface area (Å²) in [5, 5.41) is 0. The van der Waals surface area contributed by atoms with E-state index in [4.69, 9.17) is 9.47 Å². The van der Waals surface area contributed by atoms with Crippen molar-refractivity contribution in [1.82, 2.24) is 4.90 Å². The van der Waals surface area contributed by atoms with Gasteiger partial charge in [-0.15, -0.1) is 0 Å². The van der Waals surface area contributed by atoms with E-state index in [1.54, 1.807) is 7.11 Å². The van der Waals surface area contributed by atoms with Gasteiger partial charge in [0.05, 0.1) is 17.6 Å². The van der Waals surface area contributed by atoms with Crippen LogP contribution in [0.1, 0.15) is 28.4 Å². The first-order valence-corrected chi connectivity index (χ1v) is 12.9. The summed E-state index contributed by atoms with van der Waals surface area (Å²) in [6.45, 7) is 1.26. The molecule has 36 heavy (non-hydrogen) atoms. The van der Waals surface area contributed by atoms with Crippen molar-refractivity contribution in [3.8, 4) is 22.6 Å². The number of rotatable bonds is 6. The highest BCUT2D eigenvalue weighted by Crippen LogP contribution is 2.34. The molecule has 0 radical (unpaired) electrons. The monoisotopic (exact) mass is 519 g/mol. The molecule has 1 aliphatic heterocycles. The molecule has 1 amide bonds. The van der Waals surface area contributed by atoms with Crippen molar-refractivity contribution in [2.45, 2.75) is 37.2 Å². The molecule has 0 saturated carbocycles. The molecule has 0 aromatic heterocycles. The smallest absolute Gasteiger partial charge is 0.425 e. The normalized spacial score (nSPS) is 14.3. The van der Waals surface area contributed by atoms with E-state index in [0.717, 1.165) is 53.6 Å². The molecule has 4 rings (SSSR count). The number of carbonyl (C=O) groups is 1. The van der Waals surface area contributed by atoms with Gasteiger partial charge in [0.15, 0.2) is 15.9 Å². The maximum absolute atomic E-state index is 13.4. The average Bonchev–Trinajstić information content (AvgIpc) is 3.26. The zero-order chi connectivity index (χ0) is 26.3. The fourth-order valence-electron chi connectivity index (χ4n) is 3.96. The van der Waals surface area contributed by atoms with Crippen molar-refractivity contribution in [2.24, 2.45) is 0 Å². The van der Waals surface area contributed by atoms with Gasteiger partial charge in [-0.2, -0.15) is 13.2 Å². The molecule has 10 heteroatoms. The molecule has 1 aliphatic rings. The summed E-state index contributed by atoms with van der Waals surface area (Å²) in [7, 11) is -2.13. The summed E-state index contributed by atoms with van der Waals surface area (Å²) < 4.78 is 73.8.